The van der Waals surface area contributed by atoms with Crippen LogP contribution >= 0.6 is 0 Å². The second-order valence-corrected chi connectivity index (χ2v) is 7.64. The van der Waals surface area contributed by atoms with Crippen molar-refractivity contribution in [2.75, 3.05) is 32.7 Å². The Balaban J connectivity index is 1.66. The zero-order valence-corrected chi connectivity index (χ0v) is 15.4. The number of carbonyl (C=O) groups is 1. The van der Waals surface area contributed by atoms with E-state index in [1.165, 1.54) is 11.1 Å². The van der Waals surface area contributed by atoms with Gasteiger partial charge in [-0.1, -0.05) is 24.3 Å². The molecular formula is C20H30FN3O. The highest BCUT2D eigenvalue weighted by Gasteiger charge is 2.29. The summed E-state index contributed by atoms with van der Waals surface area (Å²) in [6.07, 6.45) is 1.66. The molecule has 2 heterocycles. The van der Waals surface area contributed by atoms with Crippen molar-refractivity contribution in [1.29, 1.82) is 0 Å². The van der Waals surface area contributed by atoms with Gasteiger partial charge < -0.3 is 4.90 Å². The Morgan fingerprint density at radius 3 is 2.40 bits per heavy atom. The molecule has 0 aliphatic carbocycles. The normalized spacial score (nSPS) is 24.0. The molecule has 138 valence electrons. The lowest BCUT2D eigenvalue weighted by Crippen LogP contribution is -2.50. The molecule has 0 radical (unpaired) electrons. The van der Waals surface area contributed by atoms with Crippen LogP contribution in [0, 0.1) is 0 Å². The summed E-state index contributed by atoms with van der Waals surface area (Å²) < 4.78 is 13.3. The predicted octanol–water partition coefficient (Wildman–Crippen LogP) is 2.84. The Kier molecular flexibility index (Phi) is 6.07. The molecule has 3 rings (SSSR count). The highest BCUT2D eigenvalue weighted by Crippen LogP contribution is 2.27. The standard InChI is InChI=1S/C20H30FN3O/c1-16(2)24-12-11-23(15-25)14-20(24)18-5-3-17(4-6-18)13-22-9-7-19(21)8-10-22/h3-6,15-16,19-20H,7-14H2,1-2H3. The van der Waals surface area contributed by atoms with Crippen LogP contribution in [-0.4, -0.2) is 66.0 Å². The number of benzene rings is 1. The van der Waals surface area contributed by atoms with Gasteiger partial charge in [0.05, 0.1) is 6.04 Å². The van der Waals surface area contributed by atoms with Crippen LogP contribution in [-0.2, 0) is 11.3 Å². The molecule has 2 saturated heterocycles. The summed E-state index contributed by atoms with van der Waals surface area (Å²) in [7, 11) is 0. The lowest BCUT2D eigenvalue weighted by atomic mass is 9.99. The first kappa shape index (κ1) is 18.3. The van der Waals surface area contributed by atoms with Gasteiger partial charge in [0.15, 0.2) is 0 Å². The van der Waals surface area contributed by atoms with Crippen molar-refractivity contribution in [3.05, 3.63) is 35.4 Å². The van der Waals surface area contributed by atoms with E-state index in [1.807, 2.05) is 4.90 Å². The van der Waals surface area contributed by atoms with E-state index < -0.39 is 6.17 Å². The molecule has 1 atom stereocenters. The average molecular weight is 347 g/mol. The number of hydrogen-bond acceptors (Lipinski definition) is 3. The third-order valence-electron chi connectivity index (χ3n) is 5.55. The molecule has 0 spiro atoms. The highest BCUT2D eigenvalue weighted by atomic mass is 19.1. The number of rotatable bonds is 5. The fraction of sp³-hybridized carbons (Fsp3) is 0.650. The van der Waals surface area contributed by atoms with Crippen LogP contribution < -0.4 is 0 Å². The first-order valence-electron chi connectivity index (χ1n) is 9.47. The number of likely N-dealkylation sites (tertiary alicyclic amines) is 1. The fourth-order valence-electron chi connectivity index (χ4n) is 3.99. The summed E-state index contributed by atoms with van der Waals surface area (Å²) >= 11 is 0. The van der Waals surface area contributed by atoms with Crippen molar-refractivity contribution in [3.63, 3.8) is 0 Å². The third kappa shape index (κ3) is 4.59. The molecule has 5 heteroatoms. The maximum Gasteiger partial charge on any atom is 0.209 e. The van der Waals surface area contributed by atoms with Crippen LogP contribution in [0.15, 0.2) is 24.3 Å². The van der Waals surface area contributed by atoms with E-state index in [4.69, 9.17) is 0 Å². The summed E-state index contributed by atoms with van der Waals surface area (Å²) in [4.78, 5) is 17.9. The maximum absolute atomic E-state index is 13.3. The third-order valence-corrected chi connectivity index (χ3v) is 5.55. The molecule has 2 aliphatic heterocycles. The van der Waals surface area contributed by atoms with Crippen molar-refractivity contribution in [3.8, 4) is 0 Å². The minimum atomic E-state index is -0.618. The Morgan fingerprint density at radius 2 is 1.80 bits per heavy atom. The summed E-state index contributed by atoms with van der Waals surface area (Å²) in [6, 6.07) is 9.50. The van der Waals surface area contributed by atoms with Gasteiger partial charge in [0, 0.05) is 45.3 Å². The molecule has 0 N–H and O–H groups in total. The average Bonchev–Trinajstić information content (AvgIpc) is 2.63. The fourth-order valence-corrected chi connectivity index (χ4v) is 3.99. The predicted molar refractivity (Wildman–Crippen MR) is 98.1 cm³/mol. The maximum atomic E-state index is 13.3. The van der Waals surface area contributed by atoms with E-state index >= 15 is 0 Å². The lowest BCUT2D eigenvalue weighted by molar-refractivity contribution is -0.121. The molecule has 2 aliphatic rings. The highest BCUT2D eigenvalue weighted by molar-refractivity contribution is 5.47. The van der Waals surface area contributed by atoms with E-state index in [2.05, 4.69) is 47.9 Å². The summed E-state index contributed by atoms with van der Waals surface area (Å²) in [5.74, 6) is 0. The summed E-state index contributed by atoms with van der Waals surface area (Å²) in [6.45, 7) is 9.50. The number of alkyl halides is 1. The van der Waals surface area contributed by atoms with Crippen LogP contribution in [0.5, 0.6) is 0 Å². The van der Waals surface area contributed by atoms with Crippen molar-refractivity contribution < 1.29 is 9.18 Å². The van der Waals surface area contributed by atoms with Gasteiger partial charge in [-0.3, -0.25) is 14.6 Å². The Bertz CT molecular complexity index is 555. The largest absolute Gasteiger partial charge is 0.342 e. The van der Waals surface area contributed by atoms with Crippen LogP contribution in [0.4, 0.5) is 4.39 Å². The smallest absolute Gasteiger partial charge is 0.209 e. The van der Waals surface area contributed by atoms with E-state index in [1.54, 1.807) is 0 Å². The Hall–Kier alpha value is -1.46. The van der Waals surface area contributed by atoms with Crippen LogP contribution in [0.2, 0.25) is 0 Å². The number of carbonyl (C=O) groups excluding carboxylic acids is 1. The molecule has 0 bridgehead atoms. The number of hydrogen-bond donors (Lipinski definition) is 0. The monoisotopic (exact) mass is 347 g/mol. The van der Waals surface area contributed by atoms with Crippen LogP contribution in [0.25, 0.3) is 0 Å². The number of halogens is 1. The van der Waals surface area contributed by atoms with Gasteiger partial charge in [0.1, 0.15) is 6.17 Å². The molecule has 1 aromatic carbocycles. The molecular weight excluding hydrogens is 317 g/mol. The number of piperazine rings is 1. The van der Waals surface area contributed by atoms with Gasteiger partial charge in [-0.2, -0.15) is 0 Å². The topological polar surface area (TPSA) is 26.8 Å². The first-order chi connectivity index (χ1) is 12.1. The van der Waals surface area contributed by atoms with Crippen molar-refractivity contribution in [2.45, 2.75) is 51.5 Å². The molecule has 2 fully saturated rings. The zero-order chi connectivity index (χ0) is 17.8. The zero-order valence-electron chi connectivity index (χ0n) is 15.4. The first-order valence-corrected chi connectivity index (χ1v) is 9.47. The van der Waals surface area contributed by atoms with E-state index in [9.17, 15) is 9.18 Å². The SMILES string of the molecule is CC(C)N1CCN(C=O)CC1c1ccc(CN2CCC(F)CC2)cc1. The van der Waals surface area contributed by atoms with Gasteiger partial charge in [-0.25, -0.2) is 4.39 Å². The second kappa shape index (κ2) is 8.28. The second-order valence-electron chi connectivity index (χ2n) is 7.64. The van der Waals surface area contributed by atoms with Gasteiger partial charge in [-0.15, -0.1) is 0 Å². The number of nitrogens with zero attached hydrogens (tertiary/aromatic N) is 3. The lowest BCUT2D eigenvalue weighted by Gasteiger charge is -2.42. The molecule has 0 aromatic heterocycles. The minimum Gasteiger partial charge on any atom is -0.342 e. The summed E-state index contributed by atoms with van der Waals surface area (Å²) in [5, 5.41) is 0. The van der Waals surface area contributed by atoms with E-state index in [0.29, 0.717) is 18.9 Å². The molecule has 1 unspecified atom stereocenters. The molecule has 1 aromatic rings. The Morgan fingerprint density at radius 1 is 1.12 bits per heavy atom. The number of amides is 1. The van der Waals surface area contributed by atoms with Crippen molar-refractivity contribution in [1.82, 2.24) is 14.7 Å². The Labute approximate surface area is 150 Å². The van der Waals surface area contributed by atoms with Gasteiger partial charge >= 0.3 is 0 Å². The van der Waals surface area contributed by atoms with E-state index in [-0.39, 0.29) is 6.04 Å². The van der Waals surface area contributed by atoms with Gasteiger partial charge in [0.2, 0.25) is 6.41 Å². The summed E-state index contributed by atoms with van der Waals surface area (Å²) in [5.41, 5.74) is 2.55. The molecule has 0 saturated carbocycles. The van der Waals surface area contributed by atoms with Gasteiger partial charge in [-0.05, 0) is 37.8 Å². The minimum absolute atomic E-state index is 0.260. The van der Waals surface area contributed by atoms with E-state index in [0.717, 1.165) is 45.7 Å². The number of piperidine rings is 1. The van der Waals surface area contributed by atoms with Crippen LogP contribution in [0.3, 0.4) is 0 Å². The van der Waals surface area contributed by atoms with Gasteiger partial charge in [0.25, 0.3) is 0 Å². The van der Waals surface area contributed by atoms with Crippen molar-refractivity contribution in [2.24, 2.45) is 0 Å². The van der Waals surface area contributed by atoms with Crippen LogP contribution in [0.1, 0.15) is 43.9 Å². The molecule has 25 heavy (non-hydrogen) atoms. The quantitative estimate of drug-likeness (QED) is 0.767. The molecule has 4 nitrogen and oxygen atoms in total. The van der Waals surface area contributed by atoms with Crippen molar-refractivity contribution >= 4 is 6.41 Å². The molecule has 1 amide bonds.